The lowest BCUT2D eigenvalue weighted by molar-refractivity contribution is 0.0949. The molecule has 0 aliphatic rings. The molecule has 112 valence electrons. The molecule has 21 heavy (non-hydrogen) atoms. The van der Waals surface area contributed by atoms with Gasteiger partial charge in [-0.05, 0) is 18.6 Å². The van der Waals surface area contributed by atoms with E-state index in [0.717, 1.165) is 12.1 Å². The van der Waals surface area contributed by atoms with Crippen LogP contribution in [0.15, 0.2) is 18.3 Å². The van der Waals surface area contributed by atoms with Crippen molar-refractivity contribution in [2.45, 2.75) is 19.9 Å². The Hall–Kier alpha value is -1.95. The van der Waals surface area contributed by atoms with Gasteiger partial charge in [0.05, 0.1) is 16.3 Å². The van der Waals surface area contributed by atoms with E-state index >= 15 is 0 Å². The van der Waals surface area contributed by atoms with Crippen LogP contribution in [0.1, 0.15) is 28.5 Å². The van der Waals surface area contributed by atoms with Crippen molar-refractivity contribution < 1.29 is 13.6 Å². The van der Waals surface area contributed by atoms with Crippen molar-refractivity contribution >= 4 is 17.5 Å². The number of aromatic nitrogens is 2. The Bertz CT molecular complexity index is 685. The van der Waals surface area contributed by atoms with E-state index in [2.05, 4.69) is 10.4 Å². The second-order valence-electron chi connectivity index (χ2n) is 4.56. The van der Waals surface area contributed by atoms with Gasteiger partial charge in [-0.25, -0.2) is 8.78 Å². The van der Waals surface area contributed by atoms with Crippen LogP contribution in [-0.2, 0) is 20.0 Å². The molecule has 0 spiro atoms. The highest BCUT2D eigenvalue weighted by Gasteiger charge is 2.15. The molecule has 1 amide bonds. The zero-order valence-corrected chi connectivity index (χ0v) is 12.3. The Kier molecular flexibility index (Phi) is 4.57. The number of nitrogens with one attached hydrogen (secondary N) is 1. The molecule has 0 unspecified atom stereocenters. The molecule has 7 heteroatoms. The number of benzene rings is 1. The number of aryl methyl sites for hydroxylation is 2. The summed E-state index contributed by atoms with van der Waals surface area (Å²) in [5, 5.41) is 6.41. The monoisotopic (exact) mass is 313 g/mol. The first-order valence-electron chi connectivity index (χ1n) is 6.36. The Morgan fingerprint density at radius 1 is 1.38 bits per heavy atom. The third-order valence-electron chi connectivity index (χ3n) is 3.01. The maximum atomic E-state index is 13.6. The van der Waals surface area contributed by atoms with Gasteiger partial charge in [0, 0.05) is 25.4 Å². The first-order chi connectivity index (χ1) is 9.92. The van der Waals surface area contributed by atoms with Gasteiger partial charge in [0.2, 0.25) is 0 Å². The fraction of sp³-hybridized carbons (Fsp3) is 0.286. The molecule has 0 aliphatic carbocycles. The molecule has 1 N–H and O–H groups in total. The molecule has 1 heterocycles. The molecule has 0 radical (unpaired) electrons. The smallest absolute Gasteiger partial charge is 0.255 e. The van der Waals surface area contributed by atoms with Gasteiger partial charge >= 0.3 is 0 Å². The van der Waals surface area contributed by atoms with Crippen LogP contribution in [0.4, 0.5) is 8.78 Å². The number of halogens is 3. The van der Waals surface area contributed by atoms with Crippen LogP contribution >= 0.6 is 11.6 Å². The Morgan fingerprint density at radius 2 is 2.10 bits per heavy atom. The average molecular weight is 314 g/mol. The molecule has 0 bridgehead atoms. The summed E-state index contributed by atoms with van der Waals surface area (Å²) in [4.78, 5) is 12.1. The van der Waals surface area contributed by atoms with Crippen LogP contribution in [0, 0.1) is 11.6 Å². The number of hydrogen-bond donors (Lipinski definition) is 1. The minimum Gasteiger partial charge on any atom is -0.348 e. The maximum Gasteiger partial charge on any atom is 0.255 e. The molecule has 1 aromatic heterocycles. The van der Waals surface area contributed by atoms with E-state index in [4.69, 9.17) is 11.6 Å². The van der Waals surface area contributed by atoms with E-state index in [9.17, 15) is 13.6 Å². The van der Waals surface area contributed by atoms with Crippen LogP contribution in [0.2, 0.25) is 5.02 Å². The summed E-state index contributed by atoms with van der Waals surface area (Å²) in [6, 6.07) is 1.86. The number of hydrogen-bond acceptors (Lipinski definition) is 2. The molecule has 0 saturated carbocycles. The van der Waals surface area contributed by atoms with E-state index in [1.807, 2.05) is 6.92 Å². The average Bonchev–Trinajstić information content (AvgIpc) is 2.82. The molecular formula is C14H14ClF2N3O. The largest absolute Gasteiger partial charge is 0.348 e. The zero-order chi connectivity index (χ0) is 15.6. The minimum absolute atomic E-state index is 0.0344. The van der Waals surface area contributed by atoms with Crippen molar-refractivity contribution in [2.75, 3.05) is 0 Å². The Balaban J connectivity index is 2.12. The van der Waals surface area contributed by atoms with Gasteiger partial charge in [-0.3, -0.25) is 9.48 Å². The van der Waals surface area contributed by atoms with Crippen molar-refractivity contribution in [3.63, 3.8) is 0 Å². The number of rotatable bonds is 4. The van der Waals surface area contributed by atoms with Gasteiger partial charge < -0.3 is 5.32 Å². The normalized spacial score (nSPS) is 10.7. The van der Waals surface area contributed by atoms with Crippen molar-refractivity contribution in [3.05, 3.63) is 51.8 Å². The first-order valence-corrected chi connectivity index (χ1v) is 6.74. The van der Waals surface area contributed by atoms with E-state index in [1.54, 1.807) is 13.2 Å². The standard InChI is InChI=1S/C14H14ClF2N3O/c1-3-13-9(7-20(2)19-13)14(21)18-6-8-4-12(17)10(15)5-11(8)16/h4-5,7H,3,6H2,1-2H3,(H,18,21). The molecule has 0 fully saturated rings. The molecular weight excluding hydrogens is 300 g/mol. The molecule has 2 aromatic rings. The highest BCUT2D eigenvalue weighted by Crippen LogP contribution is 2.19. The molecule has 0 aliphatic heterocycles. The summed E-state index contributed by atoms with van der Waals surface area (Å²) in [6.07, 6.45) is 2.19. The van der Waals surface area contributed by atoms with Crippen molar-refractivity contribution in [3.8, 4) is 0 Å². The van der Waals surface area contributed by atoms with Crippen LogP contribution in [0.5, 0.6) is 0 Å². The van der Waals surface area contributed by atoms with E-state index in [1.165, 1.54) is 4.68 Å². The third-order valence-corrected chi connectivity index (χ3v) is 3.30. The molecule has 0 atom stereocenters. The van der Waals surface area contributed by atoms with Crippen LogP contribution < -0.4 is 5.32 Å². The second kappa shape index (κ2) is 6.22. The van der Waals surface area contributed by atoms with Crippen LogP contribution in [-0.4, -0.2) is 15.7 Å². The highest BCUT2D eigenvalue weighted by molar-refractivity contribution is 6.30. The van der Waals surface area contributed by atoms with Gasteiger partial charge in [0.15, 0.2) is 0 Å². The summed E-state index contributed by atoms with van der Waals surface area (Å²) >= 11 is 5.47. The van der Waals surface area contributed by atoms with Gasteiger partial charge in [-0.1, -0.05) is 18.5 Å². The molecule has 0 saturated heterocycles. The van der Waals surface area contributed by atoms with Gasteiger partial charge in [0.1, 0.15) is 11.6 Å². The highest BCUT2D eigenvalue weighted by atomic mass is 35.5. The lowest BCUT2D eigenvalue weighted by Crippen LogP contribution is -2.24. The zero-order valence-electron chi connectivity index (χ0n) is 11.6. The molecule has 1 aromatic carbocycles. The van der Waals surface area contributed by atoms with Crippen molar-refractivity contribution in [1.29, 1.82) is 0 Å². The summed E-state index contributed by atoms with van der Waals surface area (Å²) < 4.78 is 28.5. The van der Waals surface area contributed by atoms with Crippen molar-refractivity contribution in [1.82, 2.24) is 15.1 Å². The number of amides is 1. The van der Waals surface area contributed by atoms with Crippen molar-refractivity contribution in [2.24, 2.45) is 7.05 Å². The maximum absolute atomic E-state index is 13.6. The topological polar surface area (TPSA) is 46.9 Å². The number of carbonyl (C=O) groups excluding carboxylic acids is 1. The second-order valence-corrected chi connectivity index (χ2v) is 4.96. The summed E-state index contributed by atoms with van der Waals surface area (Å²) in [5.74, 6) is -1.77. The first kappa shape index (κ1) is 15.4. The van der Waals surface area contributed by atoms with Crippen LogP contribution in [0.3, 0.4) is 0 Å². The Labute approximate surface area is 125 Å². The number of carbonyl (C=O) groups is 1. The summed E-state index contributed by atoms with van der Waals surface area (Å²) in [7, 11) is 1.71. The van der Waals surface area contributed by atoms with E-state index in [0.29, 0.717) is 17.7 Å². The van der Waals surface area contributed by atoms with E-state index in [-0.39, 0.29) is 23.0 Å². The van der Waals surface area contributed by atoms with Gasteiger partial charge in [0.25, 0.3) is 5.91 Å². The fourth-order valence-corrected chi connectivity index (χ4v) is 2.11. The third kappa shape index (κ3) is 3.39. The SMILES string of the molecule is CCc1nn(C)cc1C(=O)NCc1cc(F)c(Cl)cc1F. The quantitative estimate of drug-likeness (QED) is 0.882. The number of nitrogens with zero attached hydrogens (tertiary/aromatic N) is 2. The molecule has 2 rings (SSSR count). The fourth-order valence-electron chi connectivity index (χ4n) is 1.96. The molecule has 4 nitrogen and oxygen atoms in total. The van der Waals surface area contributed by atoms with Crippen LogP contribution in [0.25, 0.3) is 0 Å². The Morgan fingerprint density at radius 3 is 2.76 bits per heavy atom. The van der Waals surface area contributed by atoms with Gasteiger partial charge in [-0.2, -0.15) is 5.10 Å². The summed E-state index contributed by atoms with van der Waals surface area (Å²) in [5.41, 5.74) is 1.11. The van der Waals surface area contributed by atoms with E-state index < -0.39 is 11.6 Å². The predicted octanol–water partition coefficient (Wildman–Crippen LogP) is 2.84. The lowest BCUT2D eigenvalue weighted by Gasteiger charge is -2.07. The van der Waals surface area contributed by atoms with Gasteiger partial charge in [-0.15, -0.1) is 0 Å². The lowest BCUT2D eigenvalue weighted by atomic mass is 10.1. The minimum atomic E-state index is -0.724. The summed E-state index contributed by atoms with van der Waals surface area (Å²) in [6.45, 7) is 1.75. The predicted molar refractivity (Wildman–Crippen MR) is 75.1 cm³/mol.